The number of aliphatic hydroxyl groups is 3. The van der Waals surface area contributed by atoms with Gasteiger partial charge in [-0.25, -0.2) is 4.79 Å². The third-order valence-corrected chi connectivity index (χ3v) is 10.2. The molecule has 0 spiro atoms. The number of nitrogens with two attached hydrogens (primary N) is 3. The van der Waals surface area contributed by atoms with Gasteiger partial charge in [-0.1, -0.05) is 41.5 Å². The Morgan fingerprint density at radius 2 is 0.829 bits per heavy atom. The van der Waals surface area contributed by atoms with Gasteiger partial charge in [-0.05, 0) is 57.3 Å². The number of aliphatic carboxylic acids is 2. The molecule has 0 bridgehead atoms. The molecule has 0 aliphatic rings. The summed E-state index contributed by atoms with van der Waals surface area (Å²) in [5.41, 5.74) is 16.2. The van der Waals surface area contributed by atoms with Crippen LogP contribution in [0.1, 0.15) is 100 Å². The molecule has 0 aromatic carbocycles. The molecule has 11 atom stereocenters. The molecule has 0 aromatic heterocycles. The van der Waals surface area contributed by atoms with Crippen LogP contribution in [0.25, 0.3) is 0 Å². The Morgan fingerprint density at radius 1 is 0.443 bits per heavy atom. The molecule has 0 fully saturated rings. The number of carbonyl (C=O) groups is 12. The van der Waals surface area contributed by atoms with Crippen molar-refractivity contribution in [3.8, 4) is 0 Å². The molecular weight excluding hydrogens is 931 g/mol. The quantitative estimate of drug-likeness (QED) is 0.0291. The SMILES string of the molecule is CC(C)C[C@H](NC(=O)[C@H](CCC(N)=O)NC(=O)[C@H](CC(N)=O)NC(=O)[C@@H](NC(=O)[C@@H](NC(=O)[C@H](CCC(=O)O)NC(=O)[C@H](CO)NC(=O)[C@H](CC(C)C)NC(=O)[C@@H](N)[C@@H](C)O)C(C)C)[C@@H](C)O)C(=O)O. The summed E-state index contributed by atoms with van der Waals surface area (Å²) in [6.45, 7) is 10.9. The third kappa shape index (κ3) is 23.7. The highest BCUT2D eigenvalue weighted by molar-refractivity contribution is 5.99. The van der Waals surface area contributed by atoms with Crippen LogP contribution in [0.2, 0.25) is 0 Å². The van der Waals surface area contributed by atoms with Crippen molar-refractivity contribution in [2.45, 2.75) is 167 Å². The Balaban J connectivity index is 6.48. The lowest BCUT2D eigenvalue weighted by atomic mass is 10.0. The highest BCUT2D eigenvalue weighted by atomic mass is 16.4. The van der Waals surface area contributed by atoms with Gasteiger partial charge in [-0.2, -0.15) is 0 Å². The molecule has 10 amide bonds. The van der Waals surface area contributed by atoms with Crippen LogP contribution in [-0.4, -0.2) is 170 Å². The fourth-order valence-corrected chi connectivity index (χ4v) is 6.37. The molecule has 0 radical (unpaired) electrons. The van der Waals surface area contributed by atoms with Crippen molar-refractivity contribution in [2.75, 3.05) is 6.61 Å². The van der Waals surface area contributed by atoms with Gasteiger partial charge in [0.2, 0.25) is 59.1 Å². The number of rotatable bonds is 33. The van der Waals surface area contributed by atoms with Gasteiger partial charge in [0.25, 0.3) is 0 Å². The predicted octanol–water partition coefficient (Wildman–Crippen LogP) is -6.22. The second kappa shape index (κ2) is 30.9. The van der Waals surface area contributed by atoms with Crippen molar-refractivity contribution in [3.63, 3.8) is 0 Å². The zero-order valence-corrected chi connectivity index (χ0v) is 40.6. The predicted molar refractivity (Wildman–Crippen MR) is 244 cm³/mol. The topological polar surface area (TPSA) is 480 Å². The Bertz CT molecular complexity index is 1860. The molecule has 0 saturated carbocycles. The number of carboxylic acid groups (broad SMARTS) is 2. The summed E-state index contributed by atoms with van der Waals surface area (Å²) in [7, 11) is 0. The summed E-state index contributed by atoms with van der Waals surface area (Å²) >= 11 is 0. The molecule has 70 heavy (non-hydrogen) atoms. The molecule has 0 heterocycles. The first-order valence-corrected chi connectivity index (χ1v) is 22.5. The lowest BCUT2D eigenvalue weighted by molar-refractivity contribution is -0.143. The average Bonchev–Trinajstić information content (AvgIpc) is 3.23. The number of aliphatic hydroxyl groups excluding tert-OH is 3. The largest absolute Gasteiger partial charge is 0.481 e. The van der Waals surface area contributed by atoms with E-state index in [9.17, 15) is 83.1 Å². The average molecular weight is 1000 g/mol. The lowest BCUT2D eigenvalue weighted by Gasteiger charge is -2.29. The van der Waals surface area contributed by atoms with Crippen LogP contribution in [0.5, 0.6) is 0 Å². The standard InChI is InChI=1S/C42H73N11O17/c1-17(2)13-24(48-39(66)31(45)20(7)55)36(63)51-27(16-54)38(65)47-23(10-12-30(59)60)35(62)52-32(19(5)6)40(67)53-33(21(8)56)41(68)49-25(15-29(44)58)37(64)46-22(9-11-28(43)57)34(61)50-26(42(69)70)14-18(3)4/h17-27,31-33,54-56H,9-16,45H2,1-8H3,(H2,43,57)(H2,44,58)(H,46,64)(H,47,65)(H,48,66)(H,49,68)(H,50,61)(H,51,63)(H,52,62)(H,53,67)(H,59,60)(H,69,70)/t20-,21-,22+,23+,24+,25+,26+,27+,31+,32+,33+/m1/s1. The molecule has 28 nitrogen and oxygen atoms in total. The maximum absolute atomic E-state index is 13.8. The summed E-state index contributed by atoms with van der Waals surface area (Å²) in [5.74, 6) is -15.1. The van der Waals surface area contributed by atoms with Gasteiger partial charge in [0.15, 0.2) is 0 Å². The molecule has 0 saturated heterocycles. The first-order valence-electron chi connectivity index (χ1n) is 22.5. The molecule has 0 aliphatic carbocycles. The third-order valence-electron chi connectivity index (χ3n) is 10.2. The minimum Gasteiger partial charge on any atom is -0.481 e. The number of hydrogen-bond donors (Lipinski definition) is 16. The van der Waals surface area contributed by atoms with Gasteiger partial charge in [0.1, 0.15) is 54.4 Å². The van der Waals surface area contributed by atoms with Crippen LogP contribution >= 0.6 is 0 Å². The van der Waals surface area contributed by atoms with Gasteiger partial charge in [0, 0.05) is 12.8 Å². The fourth-order valence-electron chi connectivity index (χ4n) is 6.37. The monoisotopic (exact) mass is 1000 g/mol. The van der Waals surface area contributed by atoms with E-state index in [1.54, 1.807) is 27.7 Å². The highest BCUT2D eigenvalue weighted by Crippen LogP contribution is 2.11. The summed E-state index contributed by atoms with van der Waals surface area (Å²) in [4.78, 5) is 154. The van der Waals surface area contributed by atoms with E-state index in [1.807, 2.05) is 0 Å². The zero-order valence-electron chi connectivity index (χ0n) is 40.6. The number of carbonyl (C=O) groups excluding carboxylic acids is 10. The lowest BCUT2D eigenvalue weighted by Crippen LogP contribution is -2.63. The fraction of sp³-hybridized carbons (Fsp3) is 0.714. The summed E-state index contributed by atoms with van der Waals surface area (Å²) in [6, 6.07) is -14.8. The smallest absolute Gasteiger partial charge is 0.326 e. The van der Waals surface area contributed by atoms with Crippen molar-refractivity contribution in [1.29, 1.82) is 0 Å². The number of carboxylic acids is 2. The molecule has 19 N–H and O–H groups in total. The maximum atomic E-state index is 13.8. The van der Waals surface area contributed by atoms with Crippen molar-refractivity contribution in [2.24, 2.45) is 35.0 Å². The molecule has 0 aliphatic heterocycles. The summed E-state index contributed by atoms with van der Waals surface area (Å²) in [5, 5.41) is 67.5. The van der Waals surface area contributed by atoms with Crippen molar-refractivity contribution >= 4 is 71.0 Å². The van der Waals surface area contributed by atoms with Gasteiger partial charge in [-0.15, -0.1) is 0 Å². The first-order chi connectivity index (χ1) is 32.3. The van der Waals surface area contributed by atoms with Crippen LogP contribution in [0, 0.1) is 17.8 Å². The van der Waals surface area contributed by atoms with Crippen LogP contribution in [0.3, 0.4) is 0 Å². The highest BCUT2D eigenvalue weighted by Gasteiger charge is 2.37. The van der Waals surface area contributed by atoms with Crippen LogP contribution in [-0.2, 0) is 57.5 Å². The zero-order chi connectivity index (χ0) is 54.3. The van der Waals surface area contributed by atoms with Gasteiger partial charge in [-0.3, -0.25) is 52.7 Å². The number of hydrogen-bond acceptors (Lipinski definition) is 16. The normalized spacial score (nSPS) is 16.0. The van der Waals surface area contributed by atoms with Gasteiger partial charge in [0.05, 0.1) is 25.2 Å². The Labute approximate surface area is 404 Å². The van der Waals surface area contributed by atoms with Crippen molar-refractivity contribution < 1.29 is 83.1 Å². The van der Waals surface area contributed by atoms with E-state index < -0.39 is 182 Å². The first kappa shape index (κ1) is 63.5. The van der Waals surface area contributed by atoms with E-state index in [2.05, 4.69) is 42.5 Å². The Morgan fingerprint density at radius 3 is 1.26 bits per heavy atom. The molecule has 28 heteroatoms. The van der Waals surface area contributed by atoms with E-state index in [4.69, 9.17) is 17.2 Å². The van der Waals surface area contributed by atoms with Crippen LogP contribution in [0.4, 0.5) is 0 Å². The Kier molecular flexibility index (Phi) is 28.0. The molecular formula is C42H73N11O17. The molecule has 398 valence electrons. The second-order valence-electron chi connectivity index (χ2n) is 18.0. The minimum atomic E-state index is -1.95. The minimum absolute atomic E-state index is 0.0177. The van der Waals surface area contributed by atoms with E-state index in [1.165, 1.54) is 20.8 Å². The maximum Gasteiger partial charge on any atom is 0.326 e. The van der Waals surface area contributed by atoms with Gasteiger partial charge >= 0.3 is 11.9 Å². The van der Waals surface area contributed by atoms with E-state index >= 15 is 0 Å². The van der Waals surface area contributed by atoms with Crippen LogP contribution in [0.15, 0.2) is 0 Å². The molecule has 0 aromatic rings. The van der Waals surface area contributed by atoms with Gasteiger partial charge < -0.3 is 85.3 Å². The molecule has 0 rings (SSSR count). The van der Waals surface area contributed by atoms with Crippen molar-refractivity contribution in [3.05, 3.63) is 0 Å². The second-order valence-corrected chi connectivity index (χ2v) is 18.0. The van der Waals surface area contributed by atoms with Crippen molar-refractivity contribution in [1.82, 2.24) is 42.5 Å². The number of amides is 10. The van der Waals surface area contributed by atoms with E-state index in [0.717, 1.165) is 6.92 Å². The number of nitrogens with one attached hydrogen (secondary N) is 8. The van der Waals surface area contributed by atoms with Crippen LogP contribution < -0.4 is 59.7 Å². The molecule has 0 unspecified atom stereocenters. The summed E-state index contributed by atoms with van der Waals surface area (Å²) < 4.78 is 0. The van der Waals surface area contributed by atoms with E-state index in [0.29, 0.717) is 0 Å². The Hall–Kier alpha value is -6.52. The number of primary amides is 2. The summed E-state index contributed by atoms with van der Waals surface area (Å²) in [6.07, 6.45) is -6.22. The van der Waals surface area contributed by atoms with E-state index in [-0.39, 0.29) is 24.7 Å².